The van der Waals surface area contributed by atoms with Crippen LogP contribution in [0.1, 0.15) is 132 Å². The molecule has 36 heavy (non-hydrogen) atoms. The van der Waals surface area contributed by atoms with Gasteiger partial charge in [-0.3, -0.25) is 0 Å². The molecule has 0 N–H and O–H groups in total. The first-order valence-electron chi connectivity index (χ1n) is 16.1. The second-order valence-corrected chi connectivity index (χ2v) is 38.6. The first-order valence-corrected chi connectivity index (χ1v) is 31.3. The van der Waals surface area contributed by atoms with Gasteiger partial charge >= 0.3 is 239 Å². The van der Waals surface area contributed by atoms with Crippen molar-refractivity contribution in [1.29, 1.82) is 0 Å². The molecule has 0 spiro atoms. The molecule has 0 aromatic carbocycles. The van der Waals surface area contributed by atoms with Crippen molar-refractivity contribution in [3.63, 3.8) is 0 Å². The molecule has 0 saturated carbocycles. The summed E-state index contributed by atoms with van der Waals surface area (Å²) >= 11 is -4.40. The fraction of sp³-hybridized carbons (Fsp3) is 0.765. The number of hydrogen-bond donors (Lipinski definition) is 0. The van der Waals surface area contributed by atoms with E-state index >= 15 is 0 Å². The standard InChI is InChI=1S/C10H12.6C4H9.2Sn/c1-4-6-7-8-9-10(3)5-2;6*1-3-4-2;;/h2,5-9H,1,3H3;6*1,3-4H2,2H3;;/b5-2?,6-4?,8-7-,10-9+;;;;;;;;. The van der Waals surface area contributed by atoms with Crippen LogP contribution in [-0.4, -0.2) is 36.8 Å². The second-order valence-electron chi connectivity index (χ2n) is 11.7. The molecule has 0 fully saturated rings. The molecule has 0 nitrogen and oxygen atoms in total. The summed E-state index contributed by atoms with van der Waals surface area (Å²) in [5.74, 6) is 0. The van der Waals surface area contributed by atoms with Gasteiger partial charge in [0, 0.05) is 0 Å². The number of allylic oxidation sites excluding steroid dienone is 7. The van der Waals surface area contributed by atoms with Crippen LogP contribution in [0.5, 0.6) is 0 Å². The summed E-state index contributed by atoms with van der Waals surface area (Å²) in [7, 11) is 0. The third-order valence-electron chi connectivity index (χ3n) is 8.46. The molecular formula is C34H66Sn2. The van der Waals surface area contributed by atoms with Crippen LogP contribution in [0.25, 0.3) is 0 Å². The van der Waals surface area contributed by atoms with Crippen LogP contribution in [0.3, 0.4) is 0 Å². The average molecular weight is 712 g/mol. The SMILES string of the molecule is CCC[CH2][Sn](/[CH]=C/C(C)=C/C=C\C=[C](/C)[Sn]([CH2]CCC)([CH2]CCC)[CH2]CCC)([CH2]CCC)[CH2]CCC. The van der Waals surface area contributed by atoms with Crippen LogP contribution in [-0.2, 0) is 0 Å². The van der Waals surface area contributed by atoms with Gasteiger partial charge in [-0.15, -0.1) is 0 Å². The Morgan fingerprint density at radius 2 is 0.861 bits per heavy atom. The van der Waals surface area contributed by atoms with Gasteiger partial charge in [-0.05, 0) is 0 Å². The Kier molecular flexibility index (Phi) is 23.8. The van der Waals surface area contributed by atoms with Gasteiger partial charge < -0.3 is 0 Å². The molecule has 210 valence electrons. The predicted octanol–water partition coefficient (Wildman–Crippen LogP) is 12.8. The molecule has 0 aliphatic carbocycles. The van der Waals surface area contributed by atoms with Crippen LogP contribution in [0.15, 0.2) is 43.6 Å². The van der Waals surface area contributed by atoms with E-state index in [1.54, 1.807) is 26.6 Å². The molecule has 0 heterocycles. The van der Waals surface area contributed by atoms with Crippen LogP contribution in [0, 0.1) is 0 Å². The Morgan fingerprint density at radius 1 is 0.500 bits per heavy atom. The molecule has 0 aliphatic heterocycles. The van der Waals surface area contributed by atoms with Gasteiger partial charge in [-0.25, -0.2) is 0 Å². The first kappa shape index (κ1) is 36.6. The molecule has 0 amide bonds. The second kappa shape index (κ2) is 23.4. The minimum atomic E-state index is -2.23. The Bertz CT molecular complexity index is 594. The average Bonchev–Trinajstić information content (AvgIpc) is 2.90. The first-order chi connectivity index (χ1) is 17.4. The minimum absolute atomic E-state index is 1.36. The molecule has 0 aromatic heterocycles. The monoisotopic (exact) mass is 714 g/mol. The van der Waals surface area contributed by atoms with Crippen molar-refractivity contribution in [3.8, 4) is 0 Å². The third-order valence-corrected chi connectivity index (χ3v) is 39.0. The van der Waals surface area contributed by atoms with E-state index in [0.29, 0.717) is 0 Å². The fourth-order valence-corrected chi connectivity index (χ4v) is 35.7. The van der Waals surface area contributed by atoms with Gasteiger partial charge in [0.05, 0.1) is 0 Å². The van der Waals surface area contributed by atoms with Gasteiger partial charge in [0.25, 0.3) is 0 Å². The van der Waals surface area contributed by atoms with Gasteiger partial charge in [0.15, 0.2) is 0 Å². The van der Waals surface area contributed by atoms with E-state index in [1.807, 2.05) is 3.59 Å². The molecule has 0 unspecified atom stereocenters. The Balaban J connectivity index is 5.65. The quantitative estimate of drug-likeness (QED) is 0.0731. The normalized spacial score (nSPS) is 14.0. The molecule has 0 saturated heterocycles. The van der Waals surface area contributed by atoms with E-state index in [4.69, 9.17) is 0 Å². The summed E-state index contributed by atoms with van der Waals surface area (Å²) in [6, 6.07) is 0. The third kappa shape index (κ3) is 15.8. The summed E-state index contributed by atoms with van der Waals surface area (Å²) in [5, 5.41) is 0. The van der Waals surface area contributed by atoms with Crippen LogP contribution in [0.4, 0.5) is 0 Å². The maximum absolute atomic E-state index is 2.82. The van der Waals surface area contributed by atoms with Gasteiger partial charge in [-0.2, -0.15) is 0 Å². The van der Waals surface area contributed by atoms with Crippen molar-refractivity contribution in [2.75, 3.05) is 0 Å². The summed E-state index contributed by atoms with van der Waals surface area (Å²) in [4.78, 5) is 0. The van der Waals surface area contributed by atoms with E-state index in [9.17, 15) is 0 Å². The van der Waals surface area contributed by atoms with Gasteiger partial charge in [0.1, 0.15) is 0 Å². The molecule has 2 heteroatoms. The van der Waals surface area contributed by atoms with E-state index in [2.05, 4.69) is 89.9 Å². The van der Waals surface area contributed by atoms with E-state index in [-0.39, 0.29) is 0 Å². The molecule has 0 bridgehead atoms. The van der Waals surface area contributed by atoms with Crippen molar-refractivity contribution in [1.82, 2.24) is 0 Å². The van der Waals surface area contributed by atoms with Crippen molar-refractivity contribution >= 4 is 36.8 Å². The summed E-state index contributed by atoms with van der Waals surface area (Å²) < 4.78 is 14.0. The van der Waals surface area contributed by atoms with Crippen LogP contribution >= 0.6 is 0 Å². The Labute approximate surface area is 237 Å². The van der Waals surface area contributed by atoms with Gasteiger partial charge in [0.2, 0.25) is 0 Å². The fourth-order valence-electron chi connectivity index (χ4n) is 5.67. The molecule has 0 rings (SSSR count). The Morgan fingerprint density at radius 3 is 1.25 bits per heavy atom. The summed E-state index contributed by atoms with van der Waals surface area (Å²) in [6.45, 7) is 19.1. The summed E-state index contributed by atoms with van der Waals surface area (Å²) in [5.41, 5.74) is 1.44. The number of rotatable bonds is 23. The van der Waals surface area contributed by atoms with Crippen molar-refractivity contribution in [2.45, 2.75) is 159 Å². The van der Waals surface area contributed by atoms with E-state index in [0.717, 1.165) is 0 Å². The zero-order valence-corrected chi connectivity index (χ0v) is 31.9. The zero-order valence-electron chi connectivity index (χ0n) is 26.2. The topological polar surface area (TPSA) is 0 Å². The molecule has 0 radical (unpaired) electrons. The zero-order chi connectivity index (χ0) is 27.1. The van der Waals surface area contributed by atoms with Gasteiger partial charge in [-0.1, -0.05) is 0 Å². The van der Waals surface area contributed by atoms with E-state index in [1.165, 1.54) is 82.6 Å². The summed E-state index contributed by atoms with van der Waals surface area (Å²) in [6.07, 6.45) is 29.0. The molecule has 0 atom stereocenters. The predicted molar refractivity (Wildman–Crippen MR) is 176 cm³/mol. The van der Waals surface area contributed by atoms with Crippen LogP contribution in [0.2, 0.25) is 26.6 Å². The van der Waals surface area contributed by atoms with Crippen LogP contribution < -0.4 is 0 Å². The number of hydrogen-bond acceptors (Lipinski definition) is 0. The molecule has 0 aliphatic rings. The van der Waals surface area contributed by atoms with E-state index < -0.39 is 36.8 Å². The maximum atomic E-state index is 2.82. The van der Waals surface area contributed by atoms with Crippen molar-refractivity contribution < 1.29 is 0 Å². The molecular weight excluding hydrogens is 646 g/mol. The Hall–Kier alpha value is 0.557. The van der Waals surface area contributed by atoms with Crippen molar-refractivity contribution in [2.24, 2.45) is 0 Å². The van der Waals surface area contributed by atoms with Crippen molar-refractivity contribution in [3.05, 3.63) is 43.6 Å². The number of unbranched alkanes of at least 4 members (excludes halogenated alkanes) is 6. The molecule has 0 aromatic rings.